The van der Waals surface area contributed by atoms with Crippen molar-refractivity contribution in [1.29, 1.82) is 0 Å². The number of nitrogens with zero attached hydrogens (tertiary/aromatic N) is 1. The zero-order chi connectivity index (χ0) is 43.6. The molecule has 0 amide bonds. The molecule has 309 valence electrons. The van der Waals surface area contributed by atoms with Gasteiger partial charge in [-0.15, -0.1) is 22.7 Å². The van der Waals surface area contributed by atoms with Crippen LogP contribution in [0.15, 0.2) is 140 Å². The number of hydrogen-bond donors (Lipinski definition) is 1. The summed E-state index contributed by atoms with van der Waals surface area (Å²) in [5.74, 6) is 0. The highest BCUT2D eigenvalue weighted by Gasteiger charge is 2.38. The number of rotatable bonds is 3. The first kappa shape index (κ1) is 38.3. The molecule has 1 radical (unpaired) electrons. The normalized spacial score (nSPS) is 14.2. The van der Waals surface area contributed by atoms with E-state index in [0.29, 0.717) is 0 Å². The second-order valence-electron chi connectivity index (χ2n) is 20.8. The largest absolute Gasteiger partial charge is 0.355 e. The van der Waals surface area contributed by atoms with Crippen LogP contribution in [0.25, 0.3) is 90.1 Å². The Hall–Kier alpha value is -6.14. The summed E-state index contributed by atoms with van der Waals surface area (Å²) in [6.07, 6.45) is 0. The zero-order valence-corrected chi connectivity index (χ0v) is 39.3. The summed E-state index contributed by atoms with van der Waals surface area (Å²) >= 11 is 3.85. The van der Waals surface area contributed by atoms with Crippen molar-refractivity contribution in [2.75, 3.05) is 5.32 Å². The molecule has 2 nitrogen and oxygen atoms in total. The molecule has 11 aromatic rings. The van der Waals surface area contributed by atoms with E-state index in [1.807, 2.05) is 22.7 Å². The molecule has 0 unspecified atom stereocenters. The standard InChI is InChI=1S/C59H48BN2S2/c1-57(2,3)32-21-24-34(25-22-32)61-45-30-43-38(35-15-9-12-18-42(35)59(43,7)8)28-40(45)53-54-55-51(52-37-17-11-14-20-49(37)64-56(52)53)41-27-33(58(4,5)6)23-26-46(41)62(55)47-29-39-36-16-10-13-19-48(36)63-50(39)31-44(47)60-54/h9-31,61H,1-8H3. The van der Waals surface area contributed by atoms with Crippen LogP contribution in [-0.4, -0.2) is 11.8 Å². The van der Waals surface area contributed by atoms with Gasteiger partial charge in [0.05, 0.1) is 5.52 Å². The average molecular weight is 860 g/mol. The predicted octanol–water partition coefficient (Wildman–Crippen LogP) is 15.8. The average Bonchev–Trinajstić information content (AvgIpc) is 3.99. The van der Waals surface area contributed by atoms with Gasteiger partial charge in [-0.1, -0.05) is 140 Å². The fourth-order valence-electron chi connectivity index (χ4n) is 11.1. The van der Waals surface area contributed by atoms with Gasteiger partial charge in [0.15, 0.2) is 7.28 Å². The third kappa shape index (κ3) is 5.32. The van der Waals surface area contributed by atoms with Crippen molar-refractivity contribution < 1.29 is 0 Å². The van der Waals surface area contributed by atoms with Crippen molar-refractivity contribution in [3.05, 3.63) is 162 Å². The first-order valence-electron chi connectivity index (χ1n) is 22.7. The first-order valence-corrected chi connectivity index (χ1v) is 24.3. The molecule has 0 saturated heterocycles. The van der Waals surface area contributed by atoms with E-state index in [0.717, 1.165) is 11.4 Å². The van der Waals surface area contributed by atoms with E-state index in [1.54, 1.807) is 0 Å². The Labute approximate surface area is 383 Å². The SMILES string of the molecule is CC(C)(C)c1ccc(Nc2cc3c(cc2-c2c4c5c(c6cc(C(C)(C)C)ccc6n5-c5cc6c(cc5[B]4)sc4ccccc46)c4c2sc2ccccc24)-c2ccccc2C3(C)C)cc1. The van der Waals surface area contributed by atoms with Crippen LogP contribution in [0.5, 0.6) is 0 Å². The zero-order valence-electron chi connectivity index (χ0n) is 37.6. The van der Waals surface area contributed by atoms with Gasteiger partial charge in [0.1, 0.15) is 0 Å². The van der Waals surface area contributed by atoms with Crippen LogP contribution in [0, 0.1) is 0 Å². The molecule has 0 bridgehead atoms. The lowest BCUT2D eigenvalue weighted by Gasteiger charge is -2.26. The molecule has 4 heterocycles. The topological polar surface area (TPSA) is 17.0 Å². The molecule has 0 saturated carbocycles. The number of hydrogen-bond acceptors (Lipinski definition) is 3. The number of benzene rings is 8. The molecule has 0 fully saturated rings. The molecule has 1 aliphatic carbocycles. The summed E-state index contributed by atoms with van der Waals surface area (Å²) in [5, 5.41) is 12.1. The van der Waals surface area contributed by atoms with Gasteiger partial charge in [-0.25, -0.2) is 0 Å². The van der Waals surface area contributed by atoms with Gasteiger partial charge in [0.25, 0.3) is 0 Å². The van der Waals surface area contributed by atoms with Crippen LogP contribution < -0.4 is 16.2 Å². The van der Waals surface area contributed by atoms with Crippen LogP contribution in [0.1, 0.15) is 77.6 Å². The van der Waals surface area contributed by atoms with E-state index in [9.17, 15) is 0 Å². The number of nitrogens with one attached hydrogen (secondary N) is 1. The van der Waals surface area contributed by atoms with E-state index in [2.05, 4.69) is 212 Å². The maximum Gasteiger partial charge on any atom is 0.198 e. The second kappa shape index (κ2) is 13.0. The van der Waals surface area contributed by atoms with Gasteiger partial charge >= 0.3 is 0 Å². The monoisotopic (exact) mass is 859 g/mol. The highest BCUT2D eigenvalue weighted by molar-refractivity contribution is 7.27. The molecule has 1 N–H and O–H groups in total. The minimum atomic E-state index is -0.153. The highest BCUT2D eigenvalue weighted by atomic mass is 32.1. The van der Waals surface area contributed by atoms with Gasteiger partial charge in [0.2, 0.25) is 0 Å². The Kier molecular flexibility index (Phi) is 7.78. The predicted molar refractivity (Wildman–Crippen MR) is 282 cm³/mol. The van der Waals surface area contributed by atoms with Crippen LogP contribution in [0.2, 0.25) is 0 Å². The van der Waals surface area contributed by atoms with Crippen molar-refractivity contribution in [1.82, 2.24) is 4.57 Å². The van der Waals surface area contributed by atoms with Gasteiger partial charge < -0.3 is 9.88 Å². The lowest BCUT2D eigenvalue weighted by molar-refractivity contribution is 0.590. The van der Waals surface area contributed by atoms with E-state index in [1.165, 1.54) is 123 Å². The fourth-order valence-corrected chi connectivity index (χ4v) is 13.6. The van der Waals surface area contributed by atoms with Gasteiger partial charge in [-0.3, -0.25) is 0 Å². The van der Waals surface area contributed by atoms with Crippen molar-refractivity contribution in [3.63, 3.8) is 0 Å². The third-order valence-electron chi connectivity index (χ3n) is 14.5. The number of fused-ring (bicyclic) bond motifs is 15. The van der Waals surface area contributed by atoms with Gasteiger partial charge in [-0.2, -0.15) is 0 Å². The maximum atomic E-state index is 4.07. The maximum absolute atomic E-state index is 4.07. The molecular formula is C59H48BN2S2. The summed E-state index contributed by atoms with van der Waals surface area (Å²) in [6, 6.07) is 53.5. The lowest BCUT2D eigenvalue weighted by Crippen LogP contribution is -2.37. The van der Waals surface area contributed by atoms with Crippen molar-refractivity contribution in [2.24, 2.45) is 0 Å². The summed E-state index contributed by atoms with van der Waals surface area (Å²) in [5.41, 5.74) is 19.1. The third-order valence-corrected chi connectivity index (χ3v) is 16.8. The summed E-state index contributed by atoms with van der Waals surface area (Å²) < 4.78 is 7.93. The second-order valence-corrected chi connectivity index (χ2v) is 23.0. The molecule has 0 atom stereocenters. The number of thiophene rings is 2. The van der Waals surface area contributed by atoms with Gasteiger partial charge in [-0.05, 0) is 116 Å². The Morgan fingerprint density at radius 3 is 2.00 bits per heavy atom. The highest BCUT2D eigenvalue weighted by Crippen LogP contribution is 2.54. The minimum Gasteiger partial charge on any atom is -0.355 e. The van der Waals surface area contributed by atoms with E-state index in [4.69, 9.17) is 0 Å². The van der Waals surface area contributed by atoms with Crippen LogP contribution in [0.3, 0.4) is 0 Å². The van der Waals surface area contributed by atoms with E-state index < -0.39 is 0 Å². The molecule has 8 aromatic carbocycles. The summed E-state index contributed by atoms with van der Waals surface area (Å²) in [4.78, 5) is 0. The molecule has 1 aliphatic heterocycles. The Morgan fingerprint density at radius 2 is 1.23 bits per heavy atom. The summed E-state index contributed by atoms with van der Waals surface area (Å²) in [6.45, 7) is 18.7. The van der Waals surface area contributed by atoms with Crippen molar-refractivity contribution in [3.8, 4) is 27.9 Å². The van der Waals surface area contributed by atoms with Crippen LogP contribution >= 0.6 is 22.7 Å². The molecule has 2 aliphatic rings. The molecule has 3 aromatic heterocycles. The molecule has 0 spiro atoms. The Balaban J connectivity index is 1.20. The Morgan fingerprint density at radius 1 is 0.547 bits per heavy atom. The first-order chi connectivity index (χ1) is 30.7. The van der Waals surface area contributed by atoms with Crippen molar-refractivity contribution >= 4 is 114 Å². The Bertz CT molecular complexity index is 3820. The molecular weight excluding hydrogens is 812 g/mol. The molecule has 64 heavy (non-hydrogen) atoms. The molecule has 13 rings (SSSR count). The summed E-state index contributed by atoms with van der Waals surface area (Å²) in [7, 11) is 2.54. The van der Waals surface area contributed by atoms with Gasteiger partial charge in [0, 0.05) is 84.7 Å². The number of aromatic nitrogens is 1. The minimum absolute atomic E-state index is 0.00663. The van der Waals surface area contributed by atoms with Crippen molar-refractivity contribution in [2.45, 2.75) is 71.6 Å². The number of anilines is 2. The van der Waals surface area contributed by atoms with E-state index in [-0.39, 0.29) is 16.2 Å². The lowest BCUT2D eigenvalue weighted by atomic mass is 9.58. The smallest absolute Gasteiger partial charge is 0.198 e. The van der Waals surface area contributed by atoms with Crippen LogP contribution in [0.4, 0.5) is 11.4 Å². The molecule has 5 heteroatoms. The fraction of sp³-hybridized carbons (Fsp3) is 0.186. The van der Waals surface area contributed by atoms with Crippen LogP contribution in [-0.2, 0) is 16.2 Å². The quantitative estimate of drug-likeness (QED) is 0.175. The van der Waals surface area contributed by atoms with E-state index >= 15 is 0 Å².